The van der Waals surface area contributed by atoms with Crippen molar-refractivity contribution in [1.82, 2.24) is 14.9 Å². The molecule has 20 heavy (non-hydrogen) atoms. The minimum atomic E-state index is -0.116. The summed E-state index contributed by atoms with van der Waals surface area (Å²) in [6.45, 7) is 9.96. The quantitative estimate of drug-likeness (QED) is 0.892. The van der Waals surface area contributed by atoms with Gasteiger partial charge in [0, 0.05) is 24.8 Å². The van der Waals surface area contributed by atoms with Crippen LogP contribution in [0.25, 0.3) is 0 Å². The molecule has 0 amide bonds. The van der Waals surface area contributed by atoms with Gasteiger partial charge in [-0.05, 0) is 25.3 Å². The van der Waals surface area contributed by atoms with E-state index in [1.165, 1.54) is 0 Å². The van der Waals surface area contributed by atoms with Gasteiger partial charge in [-0.2, -0.15) is 0 Å². The molecule has 1 aliphatic heterocycles. The molecule has 1 fully saturated rings. The van der Waals surface area contributed by atoms with Crippen LogP contribution in [0.15, 0.2) is 10.9 Å². The summed E-state index contributed by atoms with van der Waals surface area (Å²) in [6, 6.07) is 1.59. The second kappa shape index (κ2) is 6.99. The van der Waals surface area contributed by atoms with Crippen LogP contribution in [0, 0.1) is 5.92 Å². The number of aromatic amines is 1. The van der Waals surface area contributed by atoms with Gasteiger partial charge in [0.25, 0.3) is 5.56 Å². The molecule has 1 aliphatic rings. The van der Waals surface area contributed by atoms with E-state index in [0.29, 0.717) is 18.3 Å². The molecule has 1 N–H and O–H groups in total. The number of rotatable bonds is 5. The highest BCUT2D eigenvalue weighted by atomic mass is 16.5. The summed E-state index contributed by atoms with van der Waals surface area (Å²) < 4.78 is 5.78. The van der Waals surface area contributed by atoms with Crippen molar-refractivity contribution in [3.8, 4) is 0 Å². The molecule has 0 saturated carbocycles. The van der Waals surface area contributed by atoms with Crippen LogP contribution in [0.1, 0.15) is 44.8 Å². The zero-order valence-electron chi connectivity index (χ0n) is 12.7. The van der Waals surface area contributed by atoms with Crippen molar-refractivity contribution in [2.75, 3.05) is 26.2 Å². The number of aromatic nitrogens is 2. The molecule has 0 spiro atoms. The van der Waals surface area contributed by atoms with E-state index in [9.17, 15) is 4.79 Å². The SMILES string of the molecule is CCCN1CCOC(c2nc(CC(C)C)cc(=O)[nH]2)C1. The fourth-order valence-corrected chi connectivity index (χ4v) is 2.59. The predicted molar refractivity (Wildman–Crippen MR) is 78.8 cm³/mol. The number of hydrogen-bond acceptors (Lipinski definition) is 4. The summed E-state index contributed by atoms with van der Waals surface area (Å²) in [7, 11) is 0. The highest BCUT2D eigenvalue weighted by Crippen LogP contribution is 2.19. The standard InChI is InChI=1S/C15H25N3O2/c1-4-5-18-6-7-20-13(10-18)15-16-12(8-11(2)3)9-14(19)17-15/h9,11,13H,4-8,10H2,1-3H3,(H,16,17,19). The smallest absolute Gasteiger partial charge is 0.251 e. The third kappa shape index (κ3) is 4.15. The van der Waals surface area contributed by atoms with Gasteiger partial charge in [-0.1, -0.05) is 20.8 Å². The molecule has 0 aliphatic carbocycles. The Balaban J connectivity index is 2.14. The van der Waals surface area contributed by atoms with Gasteiger partial charge in [0.15, 0.2) is 0 Å². The predicted octanol–water partition coefficient (Wildman–Crippen LogP) is 1.75. The molecule has 5 heteroatoms. The normalized spacial score (nSPS) is 20.5. The van der Waals surface area contributed by atoms with Crippen LogP contribution in [0.5, 0.6) is 0 Å². The minimum absolute atomic E-state index is 0.0816. The molecule has 5 nitrogen and oxygen atoms in total. The second-order valence-electron chi connectivity index (χ2n) is 5.88. The Bertz CT molecular complexity index is 482. The zero-order chi connectivity index (χ0) is 14.5. The Morgan fingerprint density at radius 1 is 1.55 bits per heavy atom. The number of ether oxygens (including phenoxy) is 1. The maximum absolute atomic E-state index is 11.8. The van der Waals surface area contributed by atoms with Gasteiger partial charge in [0.2, 0.25) is 0 Å². The van der Waals surface area contributed by atoms with Crippen LogP contribution in [0.4, 0.5) is 0 Å². The average Bonchev–Trinajstić information content (AvgIpc) is 2.38. The Morgan fingerprint density at radius 2 is 2.35 bits per heavy atom. The summed E-state index contributed by atoms with van der Waals surface area (Å²) in [5.74, 6) is 1.16. The first-order valence-electron chi connectivity index (χ1n) is 7.52. The molecule has 0 bridgehead atoms. The third-order valence-corrected chi connectivity index (χ3v) is 3.43. The number of hydrogen-bond donors (Lipinski definition) is 1. The van der Waals surface area contributed by atoms with Gasteiger partial charge in [-0.3, -0.25) is 9.69 Å². The molecule has 1 aromatic heterocycles. The van der Waals surface area contributed by atoms with E-state index in [2.05, 4.69) is 35.6 Å². The Morgan fingerprint density at radius 3 is 3.05 bits per heavy atom. The molecule has 1 aromatic rings. The molecular weight excluding hydrogens is 254 g/mol. The Kier molecular flexibility index (Phi) is 5.31. The fraction of sp³-hybridized carbons (Fsp3) is 0.733. The van der Waals surface area contributed by atoms with Crippen LogP contribution in [-0.2, 0) is 11.2 Å². The molecule has 1 atom stereocenters. The van der Waals surface area contributed by atoms with Crippen molar-refractivity contribution in [2.24, 2.45) is 5.92 Å². The first-order chi connectivity index (χ1) is 9.58. The van der Waals surface area contributed by atoms with E-state index in [4.69, 9.17) is 4.74 Å². The number of H-pyrrole nitrogens is 1. The first-order valence-corrected chi connectivity index (χ1v) is 7.52. The van der Waals surface area contributed by atoms with E-state index in [0.717, 1.165) is 38.2 Å². The molecule has 0 radical (unpaired) electrons. The average molecular weight is 279 g/mol. The van der Waals surface area contributed by atoms with Gasteiger partial charge in [-0.25, -0.2) is 4.98 Å². The summed E-state index contributed by atoms with van der Waals surface area (Å²) in [4.78, 5) is 21.6. The number of morpholine rings is 1. The lowest BCUT2D eigenvalue weighted by atomic mass is 10.1. The molecule has 1 saturated heterocycles. The van der Waals surface area contributed by atoms with Crippen molar-refractivity contribution in [3.05, 3.63) is 27.9 Å². The maximum Gasteiger partial charge on any atom is 0.251 e. The van der Waals surface area contributed by atoms with Gasteiger partial charge in [-0.15, -0.1) is 0 Å². The lowest BCUT2D eigenvalue weighted by molar-refractivity contribution is -0.0344. The van der Waals surface area contributed by atoms with Crippen molar-refractivity contribution in [2.45, 2.75) is 39.7 Å². The van der Waals surface area contributed by atoms with E-state index in [-0.39, 0.29) is 11.7 Å². The maximum atomic E-state index is 11.8. The topological polar surface area (TPSA) is 58.2 Å². The fourth-order valence-electron chi connectivity index (χ4n) is 2.59. The van der Waals surface area contributed by atoms with Gasteiger partial charge in [0.05, 0.1) is 6.61 Å². The lowest BCUT2D eigenvalue weighted by Crippen LogP contribution is -2.39. The van der Waals surface area contributed by atoms with E-state index < -0.39 is 0 Å². The highest BCUT2D eigenvalue weighted by Gasteiger charge is 2.23. The van der Waals surface area contributed by atoms with Gasteiger partial charge in [0.1, 0.15) is 11.9 Å². The van der Waals surface area contributed by atoms with Crippen molar-refractivity contribution in [1.29, 1.82) is 0 Å². The Labute approximate surface area is 120 Å². The van der Waals surface area contributed by atoms with Crippen molar-refractivity contribution < 1.29 is 4.74 Å². The summed E-state index contributed by atoms with van der Waals surface area (Å²) >= 11 is 0. The van der Waals surface area contributed by atoms with E-state index in [1.54, 1.807) is 6.07 Å². The van der Waals surface area contributed by atoms with E-state index >= 15 is 0 Å². The third-order valence-electron chi connectivity index (χ3n) is 3.43. The van der Waals surface area contributed by atoms with Gasteiger partial charge < -0.3 is 9.72 Å². The highest BCUT2D eigenvalue weighted by molar-refractivity contribution is 5.06. The summed E-state index contributed by atoms with van der Waals surface area (Å²) in [5.41, 5.74) is 0.775. The zero-order valence-corrected chi connectivity index (χ0v) is 12.7. The largest absolute Gasteiger partial charge is 0.368 e. The van der Waals surface area contributed by atoms with Crippen LogP contribution >= 0.6 is 0 Å². The number of nitrogens with zero attached hydrogens (tertiary/aromatic N) is 2. The van der Waals surface area contributed by atoms with Crippen LogP contribution in [0.2, 0.25) is 0 Å². The molecule has 1 unspecified atom stereocenters. The van der Waals surface area contributed by atoms with Crippen molar-refractivity contribution >= 4 is 0 Å². The number of nitrogens with one attached hydrogen (secondary N) is 1. The second-order valence-corrected chi connectivity index (χ2v) is 5.88. The van der Waals surface area contributed by atoms with Crippen LogP contribution < -0.4 is 5.56 Å². The summed E-state index contributed by atoms with van der Waals surface area (Å²) in [5, 5.41) is 0. The molecule has 2 heterocycles. The minimum Gasteiger partial charge on any atom is -0.368 e. The van der Waals surface area contributed by atoms with Crippen LogP contribution in [0.3, 0.4) is 0 Å². The molecule has 2 rings (SSSR count). The summed E-state index contributed by atoms with van der Waals surface area (Å²) in [6.07, 6.45) is 1.84. The van der Waals surface area contributed by atoms with Crippen LogP contribution in [-0.4, -0.2) is 41.1 Å². The van der Waals surface area contributed by atoms with Crippen molar-refractivity contribution in [3.63, 3.8) is 0 Å². The lowest BCUT2D eigenvalue weighted by Gasteiger charge is -2.32. The van der Waals surface area contributed by atoms with E-state index in [1.807, 2.05) is 0 Å². The molecule has 0 aromatic carbocycles. The molecule has 112 valence electrons. The van der Waals surface area contributed by atoms with Gasteiger partial charge >= 0.3 is 0 Å². The Hall–Kier alpha value is -1.20. The first kappa shape index (κ1) is 15.2. The monoisotopic (exact) mass is 279 g/mol. The molecular formula is C15H25N3O2.